The Morgan fingerprint density at radius 1 is 0.692 bits per heavy atom. The number of fused-ring (bicyclic) bond motifs is 1. The van der Waals surface area contributed by atoms with Gasteiger partial charge in [-0.3, -0.25) is 4.79 Å². The minimum absolute atomic E-state index is 0.0636. The maximum absolute atomic E-state index is 13.7. The molecule has 286 valence electrons. The molecule has 52 heavy (non-hydrogen) atoms. The normalized spacial score (nSPS) is 36.6. The average molecular weight is 743 g/mol. The van der Waals surface area contributed by atoms with Gasteiger partial charge < -0.3 is 94.1 Å². The molecule has 0 saturated carbocycles. The van der Waals surface area contributed by atoms with Gasteiger partial charge in [0.1, 0.15) is 83.5 Å². The zero-order valence-corrected chi connectivity index (χ0v) is 27.0. The lowest BCUT2D eigenvalue weighted by Gasteiger charge is -2.43. The van der Waals surface area contributed by atoms with Gasteiger partial charge in [-0.05, 0) is 25.1 Å². The van der Waals surface area contributed by atoms with E-state index >= 15 is 0 Å². The van der Waals surface area contributed by atoms with Crippen molar-refractivity contribution in [3.8, 4) is 40.1 Å². The summed E-state index contributed by atoms with van der Waals surface area (Å²) < 4.78 is 39.2. The zero-order chi connectivity index (χ0) is 37.8. The Morgan fingerprint density at radius 2 is 1.37 bits per heavy atom. The Hall–Kier alpha value is -3.87. The molecule has 0 radical (unpaired) electrons. The topological polar surface area (TPSA) is 328 Å². The molecule has 20 nitrogen and oxygen atoms in total. The number of aromatic hydroxyl groups is 4. The van der Waals surface area contributed by atoms with Crippen LogP contribution in [-0.4, -0.2) is 161 Å². The lowest BCUT2D eigenvalue weighted by molar-refractivity contribution is -0.337. The number of phenolic OH excluding ortho intramolecular Hbond substituents is 4. The van der Waals surface area contributed by atoms with Crippen molar-refractivity contribution < 1.29 is 94.1 Å². The molecule has 12 N–H and O–H groups in total. The third kappa shape index (κ3) is 6.97. The van der Waals surface area contributed by atoms with Crippen LogP contribution in [-0.2, 0) is 23.7 Å². The molecular weight excluding hydrogens is 704 g/mol. The van der Waals surface area contributed by atoms with Gasteiger partial charge in [0, 0.05) is 17.7 Å². The minimum Gasteiger partial charge on any atom is -0.508 e. The van der Waals surface area contributed by atoms with E-state index in [4.69, 9.17) is 32.8 Å². The van der Waals surface area contributed by atoms with Crippen LogP contribution >= 0.6 is 0 Å². The maximum Gasteiger partial charge on any atom is 0.239 e. The second kappa shape index (κ2) is 14.9. The highest BCUT2D eigenvalue weighted by atomic mass is 16.7. The summed E-state index contributed by atoms with van der Waals surface area (Å²) in [5.41, 5.74) is -1.45. The molecule has 2 aromatic carbocycles. The summed E-state index contributed by atoms with van der Waals surface area (Å²) >= 11 is 0. The summed E-state index contributed by atoms with van der Waals surface area (Å²) in [6.45, 7) is 0.0474. The molecule has 3 fully saturated rings. The first-order valence-electron chi connectivity index (χ1n) is 15.9. The number of aliphatic hydroxyl groups is 8. The highest BCUT2D eigenvalue weighted by molar-refractivity contribution is 5.88. The summed E-state index contributed by atoms with van der Waals surface area (Å²) in [7, 11) is 0. The predicted molar refractivity (Wildman–Crippen MR) is 167 cm³/mol. The van der Waals surface area contributed by atoms with Gasteiger partial charge in [-0.2, -0.15) is 0 Å². The van der Waals surface area contributed by atoms with Crippen molar-refractivity contribution in [1.82, 2.24) is 0 Å². The lowest BCUT2D eigenvalue weighted by atomic mass is 9.98. The summed E-state index contributed by atoms with van der Waals surface area (Å²) in [5, 5.41) is 124. The molecule has 0 amide bonds. The highest BCUT2D eigenvalue weighted by Gasteiger charge is 2.51. The fraction of sp³-hybridized carbons (Fsp3) is 0.531. The Kier molecular flexibility index (Phi) is 10.8. The number of ether oxygens (including phenoxy) is 6. The number of phenols is 4. The molecule has 0 unspecified atom stereocenters. The quantitative estimate of drug-likeness (QED) is 0.0959. The van der Waals surface area contributed by atoms with Gasteiger partial charge >= 0.3 is 0 Å². The SMILES string of the molecule is C[C@@H]1O[C@@H](OC[C@H]2O[C@@H](Oc3c(-c4ccc(O)c(O)c4)oc4cc(O)cc(O)c4c3=O)[C@H](O)[C@@H](O)[C@@H]2O)[C@H](O)[C@H](O[C@@H]2O[C@H](CO)[C@H](O)[C@H]2O)[C@H]1O. The van der Waals surface area contributed by atoms with Gasteiger partial charge in [-0.25, -0.2) is 0 Å². The van der Waals surface area contributed by atoms with E-state index in [9.17, 15) is 66.1 Å². The second-order valence-electron chi connectivity index (χ2n) is 12.6. The third-order valence-corrected chi connectivity index (χ3v) is 9.05. The van der Waals surface area contributed by atoms with Crippen LogP contribution in [0.1, 0.15) is 6.92 Å². The van der Waals surface area contributed by atoms with Crippen LogP contribution < -0.4 is 10.2 Å². The lowest BCUT2D eigenvalue weighted by Crippen LogP contribution is -2.62. The van der Waals surface area contributed by atoms with E-state index < -0.39 is 145 Å². The van der Waals surface area contributed by atoms with Gasteiger partial charge in [-0.15, -0.1) is 0 Å². The van der Waals surface area contributed by atoms with Crippen molar-refractivity contribution in [1.29, 1.82) is 0 Å². The standard InChI is InChI=1S/C32H38O20/c1-9-19(38)28(51-31-24(43)20(39)16(7-33)49-31)26(45)30(47-9)46-8-17-21(40)23(42)25(44)32(50-17)52-29-22(41)18-14(37)5-11(34)6-15(18)48-27(29)10-2-3-12(35)13(36)4-10/h2-6,9,16-17,19-21,23-26,28,30-40,42-45H,7-8H2,1H3/t9-,16+,17+,19-,20-,21+,23-,24+,25+,26+,28+,30+,31-,32-/m0/s1. The summed E-state index contributed by atoms with van der Waals surface area (Å²) in [6, 6.07) is 5.15. The van der Waals surface area contributed by atoms with Crippen LogP contribution in [0.15, 0.2) is 39.5 Å². The van der Waals surface area contributed by atoms with Gasteiger partial charge in [-0.1, -0.05) is 0 Å². The van der Waals surface area contributed by atoms with Crippen LogP contribution in [0, 0.1) is 0 Å². The highest BCUT2D eigenvalue weighted by Crippen LogP contribution is 2.40. The molecule has 3 aliphatic heterocycles. The first kappa shape index (κ1) is 37.9. The monoisotopic (exact) mass is 742 g/mol. The molecule has 3 aliphatic rings. The molecule has 3 saturated heterocycles. The van der Waals surface area contributed by atoms with E-state index in [1.54, 1.807) is 0 Å². The Morgan fingerprint density at radius 3 is 2.04 bits per heavy atom. The number of aliphatic hydroxyl groups excluding tert-OH is 8. The molecule has 0 bridgehead atoms. The Balaban J connectivity index is 1.24. The Labute approximate surface area is 292 Å². The zero-order valence-electron chi connectivity index (χ0n) is 27.0. The smallest absolute Gasteiger partial charge is 0.239 e. The fourth-order valence-electron chi connectivity index (χ4n) is 6.12. The molecule has 4 heterocycles. The number of hydrogen-bond donors (Lipinski definition) is 12. The van der Waals surface area contributed by atoms with Crippen molar-refractivity contribution in [2.45, 2.75) is 92.9 Å². The van der Waals surface area contributed by atoms with Crippen LogP contribution in [0.25, 0.3) is 22.3 Å². The molecule has 6 rings (SSSR count). The van der Waals surface area contributed by atoms with Crippen molar-refractivity contribution in [2.75, 3.05) is 13.2 Å². The van der Waals surface area contributed by atoms with Crippen LogP contribution in [0.4, 0.5) is 0 Å². The predicted octanol–water partition coefficient (Wildman–Crippen LogP) is -3.22. The summed E-state index contributed by atoms with van der Waals surface area (Å²) in [4.78, 5) is 13.7. The molecular formula is C32H38O20. The van der Waals surface area contributed by atoms with Gasteiger partial charge in [0.2, 0.25) is 17.5 Å². The molecule has 0 spiro atoms. The minimum atomic E-state index is -2.03. The van der Waals surface area contributed by atoms with Crippen molar-refractivity contribution >= 4 is 11.0 Å². The maximum atomic E-state index is 13.7. The van der Waals surface area contributed by atoms with E-state index in [0.29, 0.717) is 0 Å². The average Bonchev–Trinajstić information content (AvgIpc) is 3.37. The first-order valence-corrected chi connectivity index (χ1v) is 15.9. The third-order valence-electron chi connectivity index (χ3n) is 9.05. The molecule has 3 aromatic rings. The molecule has 20 heteroatoms. The number of rotatable bonds is 9. The second-order valence-corrected chi connectivity index (χ2v) is 12.6. The van der Waals surface area contributed by atoms with E-state index in [1.807, 2.05) is 0 Å². The summed E-state index contributed by atoms with van der Waals surface area (Å²) in [5.74, 6) is -3.51. The number of hydrogen-bond acceptors (Lipinski definition) is 20. The number of benzene rings is 2. The molecule has 0 aliphatic carbocycles. The van der Waals surface area contributed by atoms with Crippen molar-refractivity contribution in [3.05, 3.63) is 40.6 Å². The van der Waals surface area contributed by atoms with Crippen LogP contribution in [0.3, 0.4) is 0 Å². The molecule has 14 atom stereocenters. The van der Waals surface area contributed by atoms with E-state index in [0.717, 1.165) is 24.3 Å². The van der Waals surface area contributed by atoms with E-state index in [-0.39, 0.29) is 11.1 Å². The molecule has 1 aromatic heterocycles. The fourth-order valence-corrected chi connectivity index (χ4v) is 6.12. The van der Waals surface area contributed by atoms with Crippen molar-refractivity contribution in [2.24, 2.45) is 0 Å². The van der Waals surface area contributed by atoms with E-state index in [1.165, 1.54) is 13.0 Å². The van der Waals surface area contributed by atoms with Gasteiger partial charge in [0.25, 0.3) is 0 Å². The largest absolute Gasteiger partial charge is 0.508 e. The summed E-state index contributed by atoms with van der Waals surface area (Å²) in [6.07, 6.45) is -22.9. The van der Waals surface area contributed by atoms with Crippen LogP contribution in [0.2, 0.25) is 0 Å². The van der Waals surface area contributed by atoms with E-state index in [2.05, 4.69) is 0 Å². The first-order chi connectivity index (χ1) is 24.6. The Bertz CT molecular complexity index is 1800. The van der Waals surface area contributed by atoms with Gasteiger partial charge in [0.05, 0.1) is 19.3 Å². The van der Waals surface area contributed by atoms with Crippen LogP contribution in [0.5, 0.6) is 28.7 Å². The van der Waals surface area contributed by atoms with Gasteiger partial charge in [0.15, 0.2) is 29.8 Å². The van der Waals surface area contributed by atoms with Crippen molar-refractivity contribution in [3.63, 3.8) is 0 Å².